The number of hydrogen-bond acceptors (Lipinski definition) is 4. The molecule has 1 saturated heterocycles. The average Bonchev–Trinajstić information content (AvgIpc) is 3.21. The van der Waals surface area contributed by atoms with Crippen molar-refractivity contribution < 1.29 is 13.2 Å². The van der Waals surface area contributed by atoms with E-state index in [1.165, 1.54) is 4.31 Å². The highest BCUT2D eigenvalue weighted by molar-refractivity contribution is 7.93. The first kappa shape index (κ1) is 18.3. The molecule has 0 radical (unpaired) electrons. The minimum atomic E-state index is -3.24. The molecule has 28 heavy (non-hydrogen) atoms. The molecule has 146 valence electrons. The van der Waals surface area contributed by atoms with Crippen molar-refractivity contribution in [1.82, 2.24) is 15.3 Å². The zero-order valence-corrected chi connectivity index (χ0v) is 16.0. The molecule has 1 aliphatic rings. The lowest BCUT2D eigenvalue weighted by Gasteiger charge is -2.18. The number of hydrogen-bond donors (Lipinski definition) is 3. The highest BCUT2D eigenvalue weighted by Crippen LogP contribution is 2.24. The maximum absolute atomic E-state index is 12.5. The Bertz CT molecular complexity index is 1190. The number of aromatic nitrogens is 2. The zero-order valence-electron chi connectivity index (χ0n) is 15.2. The minimum Gasteiger partial charge on any atom is -0.346 e. The number of fused-ring (bicyclic) bond motifs is 1. The van der Waals surface area contributed by atoms with Crippen LogP contribution < -0.4 is 15.3 Å². The quantitative estimate of drug-likeness (QED) is 0.620. The van der Waals surface area contributed by atoms with Gasteiger partial charge in [0.2, 0.25) is 10.0 Å². The molecule has 1 amide bonds. The molecular weight excluding hydrogens is 380 g/mol. The Balaban J connectivity index is 1.48. The van der Waals surface area contributed by atoms with Crippen molar-refractivity contribution in [2.24, 2.45) is 0 Å². The van der Waals surface area contributed by atoms with Crippen molar-refractivity contribution >= 4 is 32.7 Å². The number of carbonyl (C=O) groups excluding carboxylic acids is 1. The SMILES string of the molecule is CC(NC(=O)c1ccc(N2CCCS2(=O)=O)cc1)c1ccc2[nH]c(=O)[nH]c2c1. The molecular formula is C19H20N4O4S. The maximum Gasteiger partial charge on any atom is 0.323 e. The van der Waals surface area contributed by atoms with Crippen molar-refractivity contribution in [3.8, 4) is 0 Å². The van der Waals surface area contributed by atoms with Gasteiger partial charge in [0.15, 0.2) is 0 Å². The van der Waals surface area contributed by atoms with Crippen molar-refractivity contribution in [3.05, 3.63) is 64.1 Å². The van der Waals surface area contributed by atoms with Crippen molar-refractivity contribution in [2.75, 3.05) is 16.6 Å². The van der Waals surface area contributed by atoms with Crippen LogP contribution in [0.3, 0.4) is 0 Å². The average molecular weight is 400 g/mol. The van der Waals surface area contributed by atoms with Gasteiger partial charge in [0.05, 0.1) is 28.5 Å². The van der Waals surface area contributed by atoms with Gasteiger partial charge in [-0.05, 0) is 55.3 Å². The molecule has 1 aliphatic heterocycles. The van der Waals surface area contributed by atoms with Gasteiger partial charge in [0, 0.05) is 12.1 Å². The van der Waals surface area contributed by atoms with E-state index in [2.05, 4.69) is 15.3 Å². The molecule has 4 rings (SSSR count). The topological polar surface area (TPSA) is 115 Å². The normalized spacial score (nSPS) is 17.0. The van der Waals surface area contributed by atoms with Gasteiger partial charge in [-0.15, -0.1) is 0 Å². The molecule has 1 unspecified atom stereocenters. The molecule has 1 aromatic heterocycles. The third-order valence-corrected chi connectivity index (χ3v) is 6.77. The van der Waals surface area contributed by atoms with E-state index in [1.807, 2.05) is 19.1 Å². The van der Waals surface area contributed by atoms with Crippen LogP contribution in [-0.2, 0) is 10.0 Å². The number of sulfonamides is 1. The molecule has 2 aromatic carbocycles. The number of nitrogens with zero attached hydrogens (tertiary/aromatic N) is 1. The van der Waals surface area contributed by atoms with Crippen LogP contribution in [-0.4, -0.2) is 36.6 Å². The summed E-state index contributed by atoms with van der Waals surface area (Å²) in [6.07, 6.45) is 0.610. The van der Waals surface area contributed by atoms with Crippen molar-refractivity contribution in [1.29, 1.82) is 0 Å². The Hall–Kier alpha value is -3.07. The van der Waals surface area contributed by atoms with Gasteiger partial charge in [-0.1, -0.05) is 6.07 Å². The van der Waals surface area contributed by atoms with Crippen LogP contribution in [0.4, 0.5) is 5.69 Å². The van der Waals surface area contributed by atoms with E-state index in [1.54, 1.807) is 30.3 Å². The van der Waals surface area contributed by atoms with Crippen LogP contribution in [0.25, 0.3) is 11.0 Å². The number of anilines is 1. The monoisotopic (exact) mass is 400 g/mol. The van der Waals surface area contributed by atoms with E-state index in [0.717, 1.165) is 5.56 Å². The number of carbonyl (C=O) groups is 1. The summed E-state index contributed by atoms with van der Waals surface area (Å²) in [6, 6.07) is 11.7. The molecule has 1 fully saturated rings. The first-order valence-electron chi connectivity index (χ1n) is 8.97. The van der Waals surface area contributed by atoms with Gasteiger partial charge >= 0.3 is 5.69 Å². The molecule has 0 saturated carbocycles. The molecule has 2 heterocycles. The molecule has 3 aromatic rings. The second-order valence-electron chi connectivity index (χ2n) is 6.87. The summed E-state index contributed by atoms with van der Waals surface area (Å²) in [4.78, 5) is 29.3. The molecule has 0 aliphatic carbocycles. The minimum absolute atomic E-state index is 0.156. The standard InChI is InChI=1S/C19H20N4O4S/c1-12(14-5-8-16-17(11-14)22-19(25)21-16)20-18(24)13-3-6-15(7-4-13)23-9-2-10-28(23,26)27/h3-8,11-12H,2,9-10H2,1H3,(H,20,24)(H2,21,22,25). The third kappa shape index (κ3) is 3.40. The summed E-state index contributed by atoms with van der Waals surface area (Å²) in [6.45, 7) is 2.32. The Morgan fingerprint density at radius 1 is 1.11 bits per heavy atom. The van der Waals surface area contributed by atoms with E-state index >= 15 is 0 Å². The molecule has 0 spiro atoms. The van der Waals surface area contributed by atoms with Crippen LogP contribution in [0.2, 0.25) is 0 Å². The zero-order chi connectivity index (χ0) is 19.9. The fraction of sp³-hybridized carbons (Fsp3) is 0.263. The molecule has 1 atom stereocenters. The lowest BCUT2D eigenvalue weighted by atomic mass is 10.1. The fourth-order valence-corrected chi connectivity index (χ4v) is 4.96. The lowest BCUT2D eigenvalue weighted by Crippen LogP contribution is -2.27. The Labute approximate surface area is 161 Å². The van der Waals surface area contributed by atoms with Crippen LogP contribution in [0.1, 0.15) is 35.3 Å². The second-order valence-corrected chi connectivity index (χ2v) is 8.88. The maximum atomic E-state index is 12.5. The van der Waals surface area contributed by atoms with Gasteiger partial charge in [-0.3, -0.25) is 9.10 Å². The number of rotatable bonds is 4. The summed E-state index contributed by atoms with van der Waals surface area (Å²) >= 11 is 0. The van der Waals surface area contributed by atoms with Crippen LogP contribution in [0.5, 0.6) is 0 Å². The summed E-state index contributed by atoms with van der Waals surface area (Å²) in [5.41, 5.74) is 2.99. The van der Waals surface area contributed by atoms with E-state index in [9.17, 15) is 18.0 Å². The predicted octanol–water partition coefficient (Wildman–Crippen LogP) is 1.89. The van der Waals surface area contributed by atoms with E-state index in [-0.39, 0.29) is 23.4 Å². The van der Waals surface area contributed by atoms with Gasteiger partial charge in [0.1, 0.15) is 0 Å². The summed E-state index contributed by atoms with van der Waals surface area (Å²) in [7, 11) is -3.24. The summed E-state index contributed by atoms with van der Waals surface area (Å²) in [5, 5.41) is 2.92. The van der Waals surface area contributed by atoms with Crippen molar-refractivity contribution in [2.45, 2.75) is 19.4 Å². The van der Waals surface area contributed by atoms with Gasteiger partial charge in [-0.25, -0.2) is 13.2 Å². The Kier molecular flexibility index (Phi) is 4.46. The summed E-state index contributed by atoms with van der Waals surface area (Å²) in [5.74, 6) is -0.102. The number of imidazole rings is 1. The Morgan fingerprint density at radius 3 is 2.50 bits per heavy atom. The summed E-state index contributed by atoms with van der Waals surface area (Å²) < 4.78 is 25.4. The van der Waals surface area contributed by atoms with E-state index in [0.29, 0.717) is 35.2 Å². The van der Waals surface area contributed by atoms with Crippen molar-refractivity contribution in [3.63, 3.8) is 0 Å². The van der Waals surface area contributed by atoms with Crippen LogP contribution >= 0.6 is 0 Å². The smallest absolute Gasteiger partial charge is 0.323 e. The number of H-pyrrole nitrogens is 2. The number of benzene rings is 2. The van der Waals surface area contributed by atoms with Gasteiger partial charge in [0.25, 0.3) is 5.91 Å². The molecule has 8 nitrogen and oxygen atoms in total. The first-order chi connectivity index (χ1) is 13.3. The highest BCUT2D eigenvalue weighted by Gasteiger charge is 2.28. The molecule has 0 bridgehead atoms. The van der Waals surface area contributed by atoms with Crippen LogP contribution in [0.15, 0.2) is 47.3 Å². The second kappa shape index (κ2) is 6.83. The van der Waals surface area contributed by atoms with E-state index in [4.69, 9.17) is 0 Å². The Morgan fingerprint density at radius 2 is 1.82 bits per heavy atom. The fourth-order valence-electron chi connectivity index (χ4n) is 3.39. The van der Waals surface area contributed by atoms with Gasteiger partial charge < -0.3 is 15.3 Å². The first-order valence-corrected chi connectivity index (χ1v) is 10.6. The number of amides is 1. The molecule has 9 heteroatoms. The van der Waals surface area contributed by atoms with Crippen LogP contribution in [0, 0.1) is 0 Å². The lowest BCUT2D eigenvalue weighted by molar-refractivity contribution is 0.0940. The van der Waals surface area contributed by atoms with E-state index < -0.39 is 10.0 Å². The third-order valence-electron chi connectivity index (χ3n) is 4.90. The van der Waals surface area contributed by atoms with Gasteiger partial charge in [-0.2, -0.15) is 0 Å². The predicted molar refractivity (Wildman–Crippen MR) is 107 cm³/mol. The number of aromatic amines is 2. The molecule has 3 N–H and O–H groups in total. The largest absolute Gasteiger partial charge is 0.346 e. The number of nitrogens with one attached hydrogen (secondary N) is 3. The highest BCUT2D eigenvalue weighted by atomic mass is 32.2.